The number of sulfonamides is 1. The van der Waals surface area contributed by atoms with Gasteiger partial charge in [-0.2, -0.15) is 5.10 Å². The standard InChI is InChI=1S/C18H24N4O3S/c1-5-22-14(3)17(13(2)21-22)12-20-18(23)11-8-15-6-9-16(10-7-15)26(24,25)19-4/h6-11,19H,5,12H2,1-4H3,(H,20,23)/b11-8+. The van der Waals surface area contributed by atoms with Crippen molar-refractivity contribution >= 4 is 22.0 Å². The van der Waals surface area contributed by atoms with Gasteiger partial charge in [-0.3, -0.25) is 9.48 Å². The molecule has 0 saturated carbocycles. The van der Waals surface area contributed by atoms with Crippen molar-refractivity contribution in [1.82, 2.24) is 19.8 Å². The van der Waals surface area contributed by atoms with Gasteiger partial charge in [0.25, 0.3) is 0 Å². The molecule has 0 spiro atoms. The highest BCUT2D eigenvalue weighted by Gasteiger charge is 2.11. The molecule has 0 aliphatic rings. The van der Waals surface area contributed by atoms with Gasteiger partial charge in [-0.25, -0.2) is 13.1 Å². The number of benzene rings is 1. The molecule has 1 aromatic carbocycles. The maximum absolute atomic E-state index is 12.0. The Hall–Kier alpha value is -2.45. The molecule has 0 bridgehead atoms. The van der Waals surface area contributed by atoms with Crippen molar-refractivity contribution in [1.29, 1.82) is 0 Å². The van der Waals surface area contributed by atoms with E-state index in [1.807, 2.05) is 25.5 Å². The number of aromatic nitrogens is 2. The van der Waals surface area contributed by atoms with Crippen LogP contribution in [0.1, 0.15) is 29.4 Å². The summed E-state index contributed by atoms with van der Waals surface area (Å²) in [6.45, 7) is 7.15. The predicted octanol–water partition coefficient (Wildman–Crippen LogP) is 1.76. The average Bonchev–Trinajstić information content (AvgIpc) is 2.91. The lowest BCUT2D eigenvalue weighted by molar-refractivity contribution is -0.116. The SMILES string of the molecule is CCn1nc(C)c(CNC(=O)/C=C/c2ccc(S(=O)(=O)NC)cc2)c1C. The topological polar surface area (TPSA) is 93.1 Å². The van der Waals surface area contributed by atoms with Gasteiger partial charge in [0.15, 0.2) is 0 Å². The van der Waals surface area contributed by atoms with E-state index in [1.54, 1.807) is 18.2 Å². The molecular weight excluding hydrogens is 352 g/mol. The van der Waals surface area contributed by atoms with Gasteiger partial charge in [0.2, 0.25) is 15.9 Å². The van der Waals surface area contributed by atoms with Crippen molar-refractivity contribution in [3.05, 3.63) is 52.9 Å². The molecule has 26 heavy (non-hydrogen) atoms. The van der Waals surface area contributed by atoms with Crippen LogP contribution in [0.15, 0.2) is 35.2 Å². The molecule has 8 heteroatoms. The lowest BCUT2D eigenvalue weighted by Crippen LogP contribution is -2.21. The van der Waals surface area contributed by atoms with Crippen molar-refractivity contribution < 1.29 is 13.2 Å². The molecule has 0 unspecified atom stereocenters. The molecule has 0 saturated heterocycles. The summed E-state index contributed by atoms with van der Waals surface area (Å²) in [5.41, 5.74) is 3.72. The Balaban J connectivity index is 1.99. The third-order valence-corrected chi connectivity index (χ3v) is 5.59. The molecule has 2 N–H and O–H groups in total. The first-order valence-electron chi connectivity index (χ1n) is 8.31. The summed E-state index contributed by atoms with van der Waals surface area (Å²) in [4.78, 5) is 12.2. The van der Waals surface area contributed by atoms with E-state index in [4.69, 9.17) is 0 Å². The van der Waals surface area contributed by atoms with E-state index < -0.39 is 10.0 Å². The van der Waals surface area contributed by atoms with Gasteiger partial charge in [-0.15, -0.1) is 0 Å². The van der Waals surface area contributed by atoms with Crippen LogP contribution in [-0.4, -0.2) is 31.2 Å². The van der Waals surface area contributed by atoms with Crippen LogP contribution in [0.5, 0.6) is 0 Å². The Kier molecular flexibility index (Phi) is 6.33. The number of carbonyl (C=O) groups excluding carboxylic acids is 1. The van der Waals surface area contributed by atoms with Crippen LogP contribution in [0.2, 0.25) is 0 Å². The Labute approximate surface area is 154 Å². The first kappa shape index (κ1) is 19.9. The molecule has 0 aliphatic heterocycles. The largest absolute Gasteiger partial charge is 0.348 e. The first-order valence-corrected chi connectivity index (χ1v) is 9.79. The maximum Gasteiger partial charge on any atom is 0.244 e. The summed E-state index contributed by atoms with van der Waals surface area (Å²) >= 11 is 0. The smallest absolute Gasteiger partial charge is 0.244 e. The second-order valence-electron chi connectivity index (χ2n) is 5.79. The van der Waals surface area contributed by atoms with Gasteiger partial charge in [0.1, 0.15) is 0 Å². The van der Waals surface area contributed by atoms with Crippen LogP contribution < -0.4 is 10.0 Å². The minimum atomic E-state index is -3.46. The second kappa shape index (κ2) is 8.29. The molecule has 0 aliphatic carbocycles. The van der Waals surface area contributed by atoms with E-state index in [0.717, 1.165) is 29.1 Å². The van der Waals surface area contributed by atoms with E-state index >= 15 is 0 Å². The zero-order valence-corrected chi connectivity index (χ0v) is 16.2. The quantitative estimate of drug-likeness (QED) is 0.720. The Bertz CT molecular complexity index is 913. The maximum atomic E-state index is 12.0. The molecule has 0 radical (unpaired) electrons. The Morgan fingerprint density at radius 3 is 2.42 bits per heavy atom. The summed E-state index contributed by atoms with van der Waals surface area (Å²) in [5, 5.41) is 7.28. The summed E-state index contributed by atoms with van der Waals surface area (Å²) in [5.74, 6) is -0.222. The lowest BCUT2D eigenvalue weighted by atomic mass is 10.2. The van der Waals surface area contributed by atoms with E-state index in [-0.39, 0.29) is 10.8 Å². The number of hydrogen-bond acceptors (Lipinski definition) is 4. The summed E-state index contributed by atoms with van der Waals surface area (Å²) in [6.07, 6.45) is 3.07. The number of aryl methyl sites for hydroxylation is 2. The van der Waals surface area contributed by atoms with E-state index in [2.05, 4.69) is 15.1 Å². The fourth-order valence-electron chi connectivity index (χ4n) is 2.58. The monoisotopic (exact) mass is 376 g/mol. The van der Waals surface area contributed by atoms with Crippen molar-refractivity contribution in [2.75, 3.05) is 7.05 Å². The van der Waals surface area contributed by atoms with Crippen LogP contribution in [-0.2, 0) is 27.9 Å². The summed E-state index contributed by atoms with van der Waals surface area (Å²) in [7, 11) is -2.09. The Morgan fingerprint density at radius 1 is 1.23 bits per heavy atom. The van der Waals surface area contributed by atoms with E-state index in [1.165, 1.54) is 25.3 Å². The van der Waals surface area contributed by atoms with Crippen LogP contribution in [0.4, 0.5) is 0 Å². The highest BCUT2D eigenvalue weighted by Crippen LogP contribution is 2.13. The zero-order valence-electron chi connectivity index (χ0n) is 15.4. The molecule has 140 valence electrons. The van der Waals surface area contributed by atoms with E-state index in [0.29, 0.717) is 6.54 Å². The van der Waals surface area contributed by atoms with Gasteiger partial charge >= 0.3 is 0 Å². The normalized spacial score (nSPS) is 11.8. The van der Waals surface area contributed by atoms with E-state index in [9.17, 15) is 13.2 Å². The second-order valence-corrected chi connectivity index (χ2v) is 7.68. The van der Waals surface area contributed by atoms with Gasteiger partial charge in [-0.05, 0) is 51.6 Å². The van der Waals surface area contributed by atoms with Crippen molar-refractivity contribution in [3.63, 3.8) is 0 Å². The van der Waals surface area contributed by atoms with Gasteiger partial charge in [0, 0.05) is 30.4 Å². The summed E-state index contributed by atoms with van der Waals surface area (Å²) < 4.78 is 27.5. The highest BCUT2D eigenvalue weighted by atomic mass is 32.2. The highest BCUT2D eigenvalue weighted by molar-refractivity contribution is 7.89. The molecule has 1 amide bonds. The van der Waals surface area contributed by atoms with Crippen LogP contribution >= 0.6 is 0 Å². The number of carbonyl (C=O) groups is 1. The molecule has 1 aromatic heterocycles. The molecule has 7 nitrogen and oxygen atoms in total. The van der Waals surface area contributed by atoms with Gasteiger partial charge in [0.05, 0.1) is 10.6 Å². The number of rotatable bonds is 7. The fraction of sp³-hybridized carbons (Fsp3) is 0.333. The number of nitrogens with one attached hydrogen (secondary N) is 2. The van der Waals surface area contributed by atoms with Gasteiger partial charge < -0.3 is 5.32 Å². The molecule has 0 fully saturated rings. The zero-order chi connectivity index (χ0) is 19.3. The number of nitrogens with zero attached hydrogens (tertiary/aromatic N) is 2. The molecule has 1 heterocycles. The molecular formula is C18H24N4O3S. The van der Waals surface area contributed by atoms with Crippen LogP contribution in [0.25, 0.3) is 6.08 Å². The number of amides is 1. The number of hydrogen-bond donors (Lipinski definition) is 2. The Morgan fingerprint density at radius 2 is 1.88 bits per heavy atom. The predicted molar refractivity (Wildman–Crippen MR) is 101 cm³/mol. The van der Waals surface area contributed by atoms with Crippen LogP contribution in [0, 0.1) is 13.8 Å². The molecule has 0 atom stereocenters. The van der Waals surface area contributed by atoms with Crippen LogP contribution in [0.3, 0.4) is 0 Å². The molecule has 2 rings (SSSR count). The van der Waals surface area contributed by atoms with Crippen molar-refractivity contribution in [3.8, 4) is 0 Å². The van der Waals surface area contributed by atoms with Crippen molar-refractivity contribution in [2.45, 2.75) is 38.8 Å². The molecule has 2 aromatic rings. The van der Waals surface area contributed by atoms with Crippen molar-refractivity contribution in [2.24, 2.45) is 0 Å². The first-order chi connectivity index (χ1) is 12.3. The fourth-order valence-corrected chi connectivity index (χ4v) is 3.31. The summed E-state index contributed by atoms with van der Waals surface area (Å²) in [6, 6.07) is 6.28. The minimum absolute atomic E-state index is 0.181. The third-order valence-electron chi connectivity index (χ3n) is 4.16. The minimum Gasteiger partial charge on any atom is -0.348 e. The lowest BCUT2D eigenvalue weighted by Gasteiger charge is -2.04. The third kappa shape index (κ3) is 4.59. The average molecular weight is 376 g/mol. The van der Waals surface area contributed by atoms with Gasteiger partial charge in [-0.1, -0.05) is 12.1 Å².